The highest BCUT2D eigenvalue weighted by Crippen LogP contribution is 2.12. The predicted octanol–water partition coefficient (Wildman–Crippen LogP) is 2.19. The quantitative estimate of drug-likeness (QED) is 0.289. The summed E-state index contributed by atoms with van der Waals surface area (Å²) in [6.45, 7) is 0. The van der Waals surface area contributed by atoms with Crippen molar-refractivity contribution in [1.29, 1.82) is 0 Å². The van der Waals surface area contributed by atoms with Gasteiger partial charge in [-0.2, -0.15) is 0 Å². The van der Waals surface area contributed by atoms with E-state index in [1.54, 1.807) is 0 Å². The number of hydrogen-bond donors (Lipinski definition) is 0. The minimum absolute atomic E-state index is 0.0369. The van der Waals surface area contributed by atoms with Crippen molar-refractivity contribution in [1.82, 2.24) is 4.98 Å². The molecule has 0 atom stereocenters. The molecule has 1 heterocycles. The van der Waals surface area contributed by atoms with Crippen LogP contribution in [0.3, 0.4) is 0 Å². The lowest BCUT2D eigenvalue weighted by molar-refractivity contribution is 0.1000. The van der Waals surface area contributed by atoms with Gasteiger partial charge in [-0.05, 0) is 22.8 Å². The summed E-state index contributed by atoms with van der Waals surface area (Å²) in [5.74, 6) is -0.726. The van der Waals surface area contributed by atoms with Crippen molar-refractivity contribution >= 4 is 17.5 Å². The van der Waals surface area contributed by atoms with Crippen molar-refractivity contribution in [2.24, 2.45) is 5.11 Å². The Kier molecular flexibility index (Phi) is 2.63. The standard InChI is InChI=1S/C6H3ClN4O/c7-5-4(2-1-3-9-5)6(12)10-11-8/h1-3H. The zero-order valence-electron chi connectivity index (χ0n) is 5.81. The lowest BCUT2D eigenvalue weighted by Gasteiger charge is -1.94. The van der Waals surface area contributed by atoms with Crippen LogP contribution in [0.4, 0.5) is 0 Å². The van der Waals surface area contributed by atoms with Crippen LogP contribution < -0.4 is 0 Å². The fourth-order valence-electron chi connectivity index (χ4n) is 0.640. The molecule has 0 spiro atoms. The van der Waals surface area contributed by atoms with Crippen LogP contribution in [0.2, 0.25) is 5.15 Å². The summed E-state index contributed by atoms with van der Waals surface area (Å²) < 4.78 is 0. The molecule has 5 nitrogen and oxygen atoms in total. The van der Waals surface area contributed by atoms with Gasteiger partial charge in [0, 0.05) is 11.1 Å². The molecule has 0 unspecified atom stereocenters. The van der Waals surface area contributed by atoms with E-state index in [2.05, 4.69) is 15.0 Å². The zero-order chi connectivity index (χ0) is 8.97. The molecule has 60 valence electrons. The van der Waals surface area contributed by atoms with Crippen LogP contribution in [0, 0.1) is 0 Å². The minimum Gasteiger partial charge on any atom is -0.287 e. The Hall–Kier alpha value is -1.58. The van der Waals surface area contributed by atoms with Crippen LogP contribution in [0.1, 0.15) is 10.4 Å². The fourth-order valence-corrected chi connectivity index (χ4v) is 0.840. The monoisotopic (exact) mass is 182 g/mol. The van der Waals surface area contributed by atoms with Crippen LogP contribution in [0.15, 0.2) is 23.4 Å². The number of nitrogens with zero attached hydrogens (tertiary/aromatic N) is 4. The molecule has 0 aliphatic rings. The van der Waals surface area contributed by atoms with Crippen molar-refractivity contribution in [3.05, 3.63) is 39.5 Å². The van der Waals surface area contributed by atoms with Gasteiger partial charge in [0.2, 0.25) is 0 Å². The van der Waals surface area contributed by atoms with E-state index in [1.165, 1.54) is 18.3 Å². The van der Waals surface area contributed by atoms with Gasteiger partial charge in [-0.3, -0.25) is 4.79 Å². The Morgan fingerprint density at radius 2 is 2.50 bits per heavy atom. The Labute approximate surface area is 72.6 Å². The van der Waals surface area contributed by atoms with Gasteiger partial charge in [-0.25, -0.2) is 4.98 Å². The van der Waals surface area contributed by atoms with E-state index < -0.39 is 5.91 Å². The minimum atomic E-state index is -0.726. The van der Waals surface area contributed by atoms with Gasteiger partial charge in [-0.1, -0.05) is 11.6 Å². The molecule has 0 saturated carbocycles. The van der Waals surface area contributed by atoms with Crippen molar-refractivity contribution in [2.45, 2.75) is 0 Å². The van der Waals surface area contributed by atoms with E-state index in [9.17, 15) is 4.79 Å². The van der Waals surface area contributed by atoms with Crippen LogP contribution in [0.5, 0.6) is 0 Å². The maximum absolute atomic E-state index is 10.9. The molecule has 0 aliphatic carbocycles. The first kappa shape index (κ1) is 8.52. The summed E-state index contributed by atoms with van der Waals surface area (Å²) in [5.41, 5.74) is 8.07. The summed E-state index contributed by atoms with van der Waals surface area (Å²) in [5, 5.41) is 2.91. The number of carbonyl (C=O) groups excluding carboxylic acids is 1. The largest absolute Gasteiger partial charge is 0.287 e. The molecule has 0 bridgehead atoms. The maximum atomic E-state index is 10.9. The lowest BCUT2D eigenvalue weighted by atomic mass is 10.3. The van der Waals surface area contributed by atoms with E-state index >= 15 is 0 Å². The van der Waals surface area contributed by atoms with E-state index in [4.69, 9.17) is 17.1 Å². The van der Waals surface area contributed by atoms with E-state index in [0.717, 1.165) is 0 Å². The summed E-state index contributed by atoms with van der Waals surface area (Å²) >= 11 is 5.54. The Bertz CT molecular complexity index is 358. The third kappa shape index (κ3) is 1.72. The number of rotatable bonds is 1. The summed E-state index contributed by atoms with van der Waals surface area (Å²) in [7, 11) is 0. The molecular formula is C6H3ClN4O. The molecule has 0 fully saturated rings. The first-order chi connectivity index (χ1) is 5.75. The van der Waals surface area contributed by atoms with Crippen LogP contribution >= 0.6 is 11.6 Å². The molecule has 0 aromatic carbocycles. The summed E-state index contributed by atoms with van der Waals surface area (Å²) in [4.78, 5) is 16.9. The number of aromatic nitrogens is 1. The van der Waals surface area contributed by atoms with Gasteiger partial charge in [-0.15, -0.1) is 0 Å². The van der Waals surface area contributed by atoms with Crippen LogP contribution in [-0.2, 0) is 0 Å². The average molecular weight is 183 g/mol. The molecule has 1 rings (SSSR count). The number of pyridine rings is 1. The van der Waals surface area contributed by atoms with Gasteiger partial charge < -0.3 is 0 Å². The molecule has 6 heteroatoms. The number of azide groups is 1. The van der Waals surface area contributed by atoms with Gasteiger partial charge in [0.15, 0.2) is 0 Å². The third-order valence-corrected chi connectivity index (χ3v) is 1.43. The Morgan fingerprint density at radius 1 is 1.75 bits per heavy atom. The molecule has 1 amide bonds. The normalized spacial score (nSPS) is 8.75. The van der Waals surface area contributed by atoms with Gasteiger partial charge in [0.1, 0.15) is 5.15 Å². The molecule has 12 heavy (non-hydrogen) atoms. The molecule has 0 radical (unpaired) electrons. The predicted molar refractivity (Wildman–Crippen MR) is 42.7 cm³/mol. The smallest absolute Gasteiger partial charge is 0.252 e. The lowest BCUT2D eigenvalue weighted by Crippen LogP contribution is -1.95. The molecule has 1 aromatic rings. The van der Waals surface area contributed by atoms with E-state index in [1.807, 2.05) is 0 Å². The number of amides is 1. The van der Waals surface area contributed by atoms with Gasteiger partial charge >= 0.3 is 0 Å². The highest BCUT2D eigenvalue weighted by molar-refractivity contribution is 6.32. The van der Waals surface area contributed by atoms with Gasteiger partial charge in [0.05, 0.1) is 5.56 Å². The Morgan fingerprint density at radius 3 is 3.08 bits per heavy atom. The van der Waals surface area contributed by atoms with Gasteiger partial charge in [0.25, 0.3) is 5.91 Å². The van der Waals surface area contributed by atoms with Crippen molar-refractivity contribution in [3.63, 3.8) is 0 Å². The topological polar surface area (TPSA) is 78.7 Å². The second-order valence-corrected chi connectivity index (χ2v) is 2.19. The highest BCUT2D eigenvalue weighted by atomic mass is 35.5. The van der Waals surface area contributed by atoms with Crippen LogP contribution in [-0.4, -0.2) is 10.9 Å². The number of carbonyl (C=O) groups is 1. The Balaban J connectivity index is 3.11. The number of halogens is 1. The first-order valence-corrected chi connectivity index (χ1v) is 3.33. The average Bonchev–Trinajstić information content (AvgIpc) is 2.05. The molecule has 0 N–H and O–H groups in total. The molecular weight excluding hydrogens is 180 g/mol. The zero-order valence-corrected chi connectivity index (χ0v) is 6.56. The van der Waals surface area contributed by atoms with Crippen molar-refractivity contribution in [3.8, 4) is 0 Å². The highest BCUT2D eigenvalue weighted by Gasteiger charge is 2.07. The molecule has 0 saturated heterocycles. The molecule has 1 aromatic heterocycles. The van der Waals surface area contributed by atoms with Crippen LogP contribution in [0.25, 0.3) is 10.4 Å². The fraction of sp³-hybridized carbons (Fsp3) is 0. The summed E-state index contributed by atoms with van der Waals surface area (Å²) in [6.07, 6.45) is 1.44. The van der Waals surface area contributed by atoms with E-state index in [0.29, 0.717) is 0 Å². The van der Waals surface area contributed by atoms with Crippen molar-refractivity contribution < 1.29 is 4.79 Å². The maximum Gasteiger partial charge on any atom is 0.252 e. The summed E-state index contributed by atoms with van der Waals surface area (Å²) in [6, 6.07) is 2.97. The third-order valence-electron chi connectivity index (χ3n) is 1.13. The van der Waals surface area contributed by atoms with Crippen molar-refractivity contribution in [2.75, 3.05) is 0 Å². The second kappa shape index (κ2) is 3.71. The molecule has 0 aliphatic heterocycles. The SMILES string of the molecule is [N-]=[N+]=NC(=O)c1cccnc1Cl. The first-order valence-electron chi connectivity index (χ1n) is 2.95. The van der Waals surface area contributed by atoms with E-state index in [-0.39, 0.29) is 10.7 Å². The number of hydrogen-bond acceptors (Lipinski definition) is 2. The second-order valence-electron chi connectivity index (χ2n) is 1.84.